The number of carbonyl (C=O) groups excluding carboxylic acids is 1. The SMILES string of the molecule is COC(=O)C(C)(C)[C@@H](N)c1cc(F)cc(Cl)c1O. The molecule has 0 amide bonds. The summed E-state index contributed by atoms with van der Waals surface area (Å²) >= 11 is 5.66. The molecule has 100 valence electrons. The quantitative estimate of drug-likeness (QED) is 0.831. The van der Waals surface area contributed by atoms with Gasteiger partial charge in [0.25, 0.3) is 0 Å². The minimum absolute atomic E-state index is 0.0652. The second kappa shape index (κ2) is 5.12. The fourth-order valence-electron chi connectivity index (χ4n) is 1.60. The lowest BCUT2D eigenvalue weighted by atomic mass is 9.80. The third-order valence-electron chi connectivity index (χ3n) is 2.88. The van der Waals surface area contributed by atoms with Gasteiger partial charge in [-0.2, -0.15) is 0 Å². The van der Waals surface area contributed by atoms with Gasteiger partial charge in [0.15, 0.2) is 0 Å². The van der Waals surface area contributed by atoms with E-state index in [1.165, 1.54) is 7.11 Å². The molecule has 3 N–H and O–H groups in total. The highest BCUT2D eigenvalue weighted by atomic mass is 35.5. The van der Waals surface area contributed by atoms with Crippen LogP contribution in [0.15, 0.2) is 12.1 Å². The Morgan fingerprint density at radius 2 is 2.11 bits per heavy atom. The highest BCUT2D eigenvalue weighted by molar-refractivity contribution is 6.32. The lowest BCUT2D eigenvalue weighted by Crippen LogP contribution is -2.37. The van der Waals surface area contributed by atoms with Crippen LogP contribution in [0.3, 0.4) is 0 Å². The molecule has 1 atom stereocenters. The van der Waals surface area contributed by atoms with Crippen molar-refractivity contribution in [2.24, 2.45) is 11.1 Å². The van der Waals surface area contributed by atoms with E-state index in [4.69, 9.17) is 17.3 Å². The first-order valence-electron chi connectivity index (χ1n) is 5.23. The van der Waals surface area contributed by atoms with E-state index < -0.39 is 23.2 Å². The minimum atomic E-state index is -1.12. The molecule has 0 aromatic heterocycles. The van der Waals surface area contributed by atoms with Gasteiger partial charge in [0.1, 0.15) is 11.6 Å². The fraction of sp³-hybridized carbons (Fsp3) is 0.417. The van der Waals surface area contributed by atoms with E-state index in [2.05, 4.69) is 4.74 Å². The monoisotopic (exact) mass is 275 g/mol. The molecule has 1 rings (SSSR count). The number of hydrogen-bond donors (Lipinski definition) is 2. The van der Waals surface area contributed by atoms with Crippen LogP contribution in [0.25, 0.3) is 0 Å². The molecule has 6 heteroatoms. The molecule has 0 radical (unpaired) electrons. The normalized spacial score (nSPS) is 13.2. The number of carbonyl (C=O) groups is 1. The van der Waals surface area contributed by atoms with Gasteiger partial charge in [-0.3, -0.25) is 4.79 Å². The van der Waals surface area contributed by atoms with Crippen LogP contribution >= 0.6 is 11.6 Å². The molecule has 1 aromatic carbocycles. The maximum Gasteiger partial charge on any atom is 0.313 e. The summed E-state index contributed by atoms with van der Waals surface area (Å²) in [6.45, 7) is 3.09. The third kappa shape index (κ3) is 2.57. The summed E-state index contributed by atoms with van der Waals surface area (Å²) in [6.07, 6.45) is 0. The van der Waals surface area contributed by atoms with Crippen molar-refractivity contribution in [3.05, 3.63) is 28.5 Å². The van der Waals surface area contributed by atoms with Gasteiger partial charge in [-0.05, 0) is 26.0 Å². The topological polar surface area (TPSA) is 72.5 Å². The molecule has 18 heavy (non-hydrogen) atoms. The Balaban J connectivity index is 3.26. The molecule has 0 aliphatic rings. The Hall–Kier alpha value is -1.33. The number of benzene rings is 1. The van der Waals surface area contributed by atoms with E-state index >= 15 is 0 Å². The third-order valence-corrected chi connectivity index (χ3v) is 3.17. The van der Waals surface area contributed by atoms with Gasteiger partial charge in [0.05, 0.1) is 17.5 Å². The Bertz CT molecular complexity index is 477. The molecule has 0 aliphatic heterocycles. The maximum atomic E-state index is 13.3. The van der Waals surface area contributed by atoms with Crippen molar-refractivity contribution < 1.29 is 19.0 Å². The van der Waals surface area contributed by atoms with Gasteiger partial charge in [0.2, 0.25) is 0 Å². The summed E-state index contributed by atoms with van der Waals surface area (Å²) < 4.78 is 17.9. The van der Waals surface area contributed by atoms with Crippen molar-refractivity contribution in [3.63, 3.8) is 0 Å². The van der Waals surface area contributed by atoms with Crippen molar-refractivity contribution in [3.8, 4) is 5.75 Å². The van der Waals surface area contributed by atoms with E-state index in [-0.39, 0.29) is 16.3 Å². The van der Waals surface area contributed by atoms with Crippen LogP contribution in [0.4, 0.5) is 4.39 Å². The smallest absolute Gasteiger partial charge is 0.313 e. The average Bonchev–Trinajstić information content (AvgIpc) is 2.31. The van der Waals surface area contributed by atoms with E-state index in [1.54, 1.807) is 13.8 Å². The standard InChI is InChI=1S/C12H15ClFNO3/c1-12(2,11(17)18-3)10(15)7-4-6(14)5-8(13)9(7)16/h4-5,10,16H,15H2,1-3H3/t10-/m0/s1. The van der Waals surface area contributed by atoms with Crippen LogP contribution in [0, 0.1) is 11.2 Å². The van der Waals surface area contributed by atoms with Crippen LogP contribution in [0.1, 0.15) is 25.5 Å². The minimum Gasteiger partial charge on any atom is -0.506 e. The molecule has 0 heterocycles. The first kappa shape index (κ1) is 14.7. The van der Waals surface area contributed by atoms with Crippen molar-refractivity contribution in [1.82, 2.24) is 0 Å². The molecule has 0 spiro atoms. The van der Waals surface area contributed by atoms with Gasteiger partial charge in [-0.15, -0.1) is 0 Å². The predicted molar refractivity (Wildman–Crippen MR) is 65.8 cm³/mol. The molecule has 0 saturated carbocycles. The first-order chi connectivity index (χ1) is 8.21. The van der Waals surface area contributed by atoms with Gasteiger partial charge >= 0.3 is 5.97 Å². The number of methoxy groups -OCH3 is 1. The summed E-state index contributed by atoms with van der Waals surface area (Å²) in [5.74, 6) is -1.53. The summed E-state index contributed by atoms with van der Waals surface area (Å²) in [5.41, 5.74) is 4.85. The first-order valence-corrected chi connectivity index (χ1v) is 5.61. The van der Waals surface area contributed by atoms with Crippen molar-refractivity contribution in [2.45, 2.75) is 19.9 Å². The van der Waals surface area contributed by atoms with Crippen molar-refractivity contribution >= 4 is 17.6 Å². The molecule has 4 nitrogen and oxygen atoms in total. The number of ether oxygens (including phenoxy) is 1. The number of phenolic OH excluding ortho intramolecular Hbond substituents is 1. The molecule has 0 fully saturated rings. The van der Waals surface area contributed by atoms with Gasteiger partial charge < -0.3 is 15.6 Å². The van der Waals surface area contributed by atoms with Gasteiger partial charge in [0, 0.05) is 11.6 Å². The van der Waals surface area contributed by atoms with Crippen LogP contribution in [-0.2, 0) is 9.53 Å². The summed E-state index contributed by atoms with van der Waals surface area (Å²) in [4.78, 5) is 11.6. The highest BCUT2D eigenvalue weighted by Crippen LogP contribution is 2.39. The summed E-state index contributed by atoms with van der Waals surface area (Å²) in [5, 5.41) is 9.63. The number of esters is 1. The van der Waals surface area contributed by atoms with Crippen LogP contribution in [-0.4, -0.2) is 18.2 Å². The van der Waals surface area contributed by atoms with Gasteiger partial charge in [-0.1, -0.05) is 11.6 Å². The number of hydrogen-bond acceptors (Lipinski definition) is 4. The van der Waals surface area contributed by atoms with Crippen LogP contribution < -0.4 is 5.73 Å². The van der Waals surface area contributed by atoms with Crippen LogP contribution in [0.2, 0.25) is 5.02 Å². The van der Waals surface area contributed by atoms with E-state index in [0.29, 0.717) is 0 Å². The van der Waals surface area contributed by atoms with E-state index in [1.807, 2.05) is 0 Å². The largest absolute Gasteiger partial charge is 0.506 e. The molecule has 0 bridgehead atoms. The molecule has 1 aromatic rings. The van der Waals surface area contributed by atoms with Gasteiger partial charge in [-0.25, -0.2) is 4.39 Å². The molecule has 0 unspecified atom stereocenters. The Morgan fingerprint density at radius 1 is 1.56 bits per heavy atom. The van der Waals surface area contributed by atoms with Crippen molar-refractivity contribution in [2.75, 3.05) is 7.11 Å². The average molecular weight is 276 g/mol. The highest BCUT2D eigenvalue weighted by Gasteiger charge is 2.38. The molecule has 0 saturated heterocycles. The maximum absolute atomic E-state index is 13.3. The number of aromatic hydroxyl groups is 1. The Kier molecular flexibility index (Phi) is 4.19. The number of nitrogens with two attached hydrogens (primary N) is 1. The second-order valence-corrected chi connectivity index (χ2v) is 4.92. The van der Waals surface area contributed by atoms with E-state index in [9.17, 15) is 14.3 Å². The van der Waals surface area contributed by atoms with E-state index in [0.717, 1.165) is 12.1 Å². The van der Waals surface area contributed by atoms with Crippen molar-refractivity contribution in [1.29, 1.82) is 0 Å². The summed E-state index contributed by atoms with van der Waals surface area (Å²) in [6, 6.07) is 1.08. The zero-order valence-electron chi connectivity index (χ0n) is 10.3. The van der Waals surface area contributed by atoms with Crippen LogP contribution in [0.5, 0.6) is 5.75 Å². The zero-order chi connectivity index (χ0) is 14.1. The summed E-state index contributed by atoms with van der Waals surface area (Å²) in [7, 11) is 1.23. The zero-order valence-corrected chi connectivity index (χ0v) is 11.1. The number of halogens is 2. The lowest BCUT2D eigenvalue weighted by molar-refractivity contribution is -0.152. The predicted octanol–water partition coefficient (Wildman–Crippen LogP) is 2.38. The number of rotatable bonds is 3. The lowest BCUT2D eigenvalue weighted by Gasteiger charge is -2.29. The fourth-order valence-corrected chi connectivity index (χ4v) is 1.82. The molecular weight excluding hydrogens is 261 g/mol. The number of phenols is 1. The molecular formula is C12H15ClFNO3. The Labute approximate surface area is 109 Å². The molecule has 0 aliphatic carbocycles. The Morgan fingerprint density at radius 3 is 2.61 bits per heavy atom. The second-order valence-electron chi connectivity index (χ2n) is 4.52.